The lowest BCUT2D eigenvalue weighted by molar-refractivity contribution is 0.100. The van der Waals surface area contributed by atoms with Gasteiger partial charge in [0.05, 0.1) is 6.10 Å². The van der Waals surface area contributed by atoms with Crippen LogP contribution in [0.2, 0.25) is 0 Å². The van der Waals surface area contributed by atoms with E-state index in [9.17, 15) is 0 Å². The topological polar surface area (TPSA) is 47.3 Å². The minimum absolute atomic E-state index is 0.218. The molecule has 0 saturated carbocycles. The van der Waals surface area contributed by atoms with Gasteiger partial charge < -0.3 is 4.74 Å². The molecule has 18 heavy (non-hydrogen) atoms. The number of benzene rings is 1. The Morgan fingerprint density at radius 1 is 1.39 bits per heavy atom. The fraction of sp³-hybridized carbons (Fsp3) is 0.429. The van der Waals surface area contributed by atoms with Gasteiger partial charge in [-0.3, -0.25) is 11.3 Å². The van der Waals surface area contributed by atoms with Crippen molar-refractivity contribution in [3.05, 3.63) is 35.2 Å². The first-order valence-electron chi connectivity index (χ1n) is 6.18. The molecule has 1 aromatic carbocycles. The summed E-state index contributed by atoms with van der Waals surface area (Å²) >= 11 is 1.79. The number of nitrogens with two attached hydrogens (primary N) is 1. The first-order valence-corrected chi connectivity index (χ1v) is 7.06. The molecule has 0 radical (unpaired) electrons. The van der Waals surface area contributed by atoms with Crippen molar-refractivity contribution >= 4 is 21.4 Å². The maximum absolute atomic E-state index is 5.63. The van der Waals surface area contributed by atoms with Crippen molar-refractivity contribution in [2.24, 2.45) is 5.84 Å². The lowest BCUT2D eigenvalue weighted by Crippen LogP contribution is -2.39. The summed E-state index contributed by atoms with van der Waals surface area (Å²) in [5.41, 5.74) is 4.26. The van der Waals surface area contributed by atoms with Crippen LogP contribution in [0, 0.1) is 0 Å². The van der Waals surface area contributed by atoms with Gasteiger partial charge in [0.1, 0.15) is 0 Å². The highest BCUT2D eigenvalue weighted by Gasteiger charge is 2.14. The normalized spacial score (nSPS) is 14.8. The zero-order valence-corrected chi connectivity index (χ0v) is 11.7. The maximum atomic E-state index is 5.63. The van der Waals surface area contributed by atoms with Gasteiger partial charge in [0, 0.05) is 17.9 Å². The smallest absolute Gasteiger partial charge is 0.0558 e. The van der Waals surface area contributed by atoms with Crippen molar-refractivity contribution in [3.8, 4) is 0 Å². The molecule has 3 N–H and O–H groups in total. The number of rotatable bonds is 6. The molecule has 0 spiro atoms. The number of methoxy groups -OCH3 is 1. The number of hydrogen-bond acceptors (Lipinski definition) is 4. The number of hydrazine groups is 1. The molecule has 0 bridgehead atoms. The number of hydrogen-bond donors (Lipinski definition) is 2. The van der Waals surface area contributed by atoms with E-state index >= 15 is 0 Å². The predicted octanol–water partition coefficient (Wildman–Crippen LogP) is 2.70. The molecule has 0 aliphatic rings. The van der Waals surface area contributed by atoms with Crippen LogP contribution in [0.4, 0.5) is 0 Å². The van der Waals surface area contributed by atoms with Gasteiger partial charge in [-0.25, -0.2) is 0 Å². The average Bonchev–Trinajstić information content (AvgIpc) is 2.81. The van der Waals surface area contributed by atoms with Crippen LogP contribution in [0.25, 0.3) is 10.1 Å². The van der Waals surface area contributed by atoms with Gasteiger partial charge in [-0.15, -0.1) is 11.3 Å². The Hall–Kier alpha value is -0.940. The number of nitrogens with one attached hydrogen (secondary N) is 1. The maximum Gasteiger partial charge on any atom is 0.0558 e. The van der Waals surface area contributed by atoms with E-state index in [0.717, 1.165) is 12.8 Å². The zero-order valence-electron chi connectivity index (χ0n) is 10.8. The molecule has 2 rings (SSSR count). The third-order valence-corrected chi connectivity index (χ3v) is 4.29. The summed E-state index contributed by atoms with van der Waals surface area (Å²) in [4.78, 5) is 0. The Kier molecular flexibility index (Phi) is 4.72. The van der Waals surface area contributed by atoms with Crippen molar-refractivity contribution in [2.75, 3.05) is 7.11 Å². The zero-order chi connectivity index (χ0) is 13.0. The molecule has 1 heterocycles. The van der Waals surface area contributed by atoms with E-state index in [4.69, 9.17) is 10.6 Å². The molecule has 0 saturated heterocycles. The minimum atomic E-state index is 0.218. The molecular weight excluding hydrogens is 244 g/mol. The van der Waals surface area contributed by atoms with Gasteiger partial charge in [-0.2, -0.15) is 0 Å². The summed E-state index contributed by atoms with van der Waals surface area (Å²) in [5, 5.41) is 3.57. The van der Waals surface area contributed by atoms with E-state index < -0.39 is 0 Å². The van der Waals surface area contributed by atoms with Gasteiger partial charge in [-0.1, -0.05) is 18.2 Å². The highest BCUT2D eigenvalue weighted by atomic mass is 32.1. The van der Waals surface area contributed by atoms with E-state index in [-0.39, 0.29) is 12.1 Å². The molecule has 4 heteroatoms. The molecule has 0 amide bonds. The Balaban J connectivity index is 2.11. The minimum Gasteiger partial charge on any atom is -0.382 e. The molecule has 2 atom stereocenters. The summed E-state index contributed by atoms with van der Waals surface area (Å²) in [6, 6.07) is 8.74. The molecule has 2 aromatic rings. The average molecular weight is 264 g/mol. The van der Waals surface area contributed by atoms with Crippen molar-refractivity contribution in [2.45, 2.75) is 31.9 Å². The number of thiophene rings is 1. The number of ether oxygens (including phenoxy) is 1. The van der Waals surface area contributed by atoms with Crippen molar-refractivity contribution in [1.82, 2.24) is 5.43 Å². The van der Waals surface area contributed by atoms with Crippen molar-refractivity contribution < 1.29 is 4.74 Å². The van der Waals surface area contributed by atoms with Crippen LogP contribution in [0.15, 0.2) is 29.6 Å². The molecular formula is C14H20N2OS. The first kappa shape index (κ1) is 13.5. The summed E-state index contributed by atoms with van der Waals surface area (Å²) in [6.45, 7) is 2.07. The Morgan fingerprint density at radius 2 is 2.17 bits per heavy atom. The van der Waals surface area contributed by atoms with E-state index in [1.54, 1.807) is 18.4 Å². The second-order valence-electron chi connectivity index (χ2n) is 4.61. The van der Waals surface area contributed by atoms with Crippen LogP contribution in [-0.2, 0) is 11.2 Å². The fourth-order valence-corrected chi connectivity index (χ4v) is 3.14. The lowest BCUT2D eigenvalue weighted by Gasteiger charge is -2.19. The highest BCUT2D eigenvalue weighted by molar-refractivity contribution is 7.17. The van der Waals surface area contributed by atoms with E-state index in [1.165, 1.54) is 15.6 Å². The van der Waals surface area contributed by atoms with Crippen LogP contribution >= 0.6 is 11.3 Å². The molecule has 98 valence electrons. The van der Waals surface area contributed by atoms with Crippen LogP contribution in [0.1, 0.15) is 18.9 Å². The van der Waals surface area contributed by atoms with Gasteiger partial charge in [0.25, 0.3) is 0 Å². The fourth-order valence-electron chi connectivity index (χ4n) is 2.16. The van der Waals surface area contributed by atoms with Gasteiger partial charge in [0.2, 0.25) is 0 Å². The Bertz CT molecular complexity index is 497. The molecule has 0 fully saturated rings. The van der Waals surface area contributed by atoms with Gasteiger partial charge in [-0.05, 0) is 42.2 Å². The van der Waals surface area contributed by atoms with E-state index in [0.29, 0.717) is 0 Å². The van der Waals surface area contributed by atoms with Crippen molar-refractivity contribution in [1.29, 1.82) is 0 Å². The SMILES string of the molecule is COC(C)CC(Cc1csc2ccccc12)NN. The van der Waals surface area contributed by atoms with Crippen LogP contribution in [-0.4, -0.2) is 19.3 Å². The second-order valence-corrected chi connectivity index (χ2v) is 5.52. The van der Waals surface area contributed by atoms with E-state index in [2.05, 4.69) is 42.0 Å². The second kappa shape index (κ2) is 6.29. The first-order chi connectivity index (χ1) is 8.74. The monoisotopic (exact) mass is 264 g/mol. The molecule has 3 nitrogen and oxygen atoms in total. The summed E-state index contributed by atoms with van der Waals surface area (Å²) < 4.78 is 6.63. The van der Waals surface area contributed by atoms with Crippen LogP contribution < -0.4 is 11.3 Å². The summed E-state index contributed by atoms with van der Waals surface area (Å²) in [7, 11) is 1.73. The summed E-state index contributed by atoms with van der Waals surface area (Å²) in [6.07, 6.45) is 2.07. The third kappa shape index (κ3) is 3.09. The highest BCUT2D eigenvalue weighted by Crippen LogP contribution is 2.27. The van der Waals surface area contributed by atoms with Crippen LogP contribution in [0.3, 0.4) is 0 Å². The number of fused-ring (bicyclic) bond motifs is 1. The standard InChI is InChI=1S/C14H20N2OS/c1-10(17-2)7-12(16-15)8-11-9-18-14-6-4-3-5-13(11)14/h3-6,9-10,12,16H,7-8,15H2,1-2H3. The molecule has 1 aromatic heterocycles. The third-order valence-electron chi connectivity index (χ3n) is 3.28. The van der Waals surface area contributed by atoms with Gasteiger partial charge >= 0.3 is 0 Å². The van der Waals surface area contributed by atoms with E-state index in [1.807, 2.05) is 0 Å². The predicted molar refractivity (Wildman–Crippen MR) is 77.7 cm³/mol. The lowest BCUT2D eigenvalue weighted by atomic mass is 10.0. The van der Waals surface area contributed by atoms with Gasteiger partial charge in [0.15, 0.2) is 0 Å². The molecule has 0 aliphatic carbocycles. The molecule has 2 unspecified atom stereocenters. The van der Waals surface area contributed by atoms with Crippen molar-refractivity contribution in [3.63, 3.8) is 0 Å². The largest absolute Gasteiger partial charge is 0.382 e. The summed E-state index contributed by atoms with van der Waals surface area (Å²) in [5.74, 6) is 5.63. The molecule has 0 aliphatic heterocycles. The van der Waals surface area contributed by atoms with Crippen LogP contribution in [0.5, 0.6) is 0 Å². The Labute approximate surface area is 112 Å². The quantitative estimate of drug-likeness (QED) is 0.623. The Morgan fingerprint density at radius 3 is 2.89 bits per heavy atom.